The van der Waals surface area contributed by atoms with Crippen molar-refractivity contribution in [2.45, 2.75) is 212 Å². The lowest BCUT2D eigenvalue weighted by atomic mass is 9.90. The fraction of sp³-hybridized carbons (Fsp3) is 0.833. The van der Waals surface area contributed by atoms with Crippen LogP contribution in [0, 0.1) is 5.92 Å². The molecule has 0 aliphatic carbocycles. The highest BCUT2D eigenvalue weighted by atomic mass is 35.5. The van der Waals surface area contributed by atoms with Gasteiger partial charge in [0.15, 0.2) is 5.96 Å². The number of aliphatic carboxylic acids is 2. The lowest BCUT2D eigenvalue weighted by Gasteiger charge is -2.16. The molecule has 50 heavy (non-hydrogen) atoms. The van der Waals surface area contributed by atoms with Crippen LogP contribution in [0.25, 0.3) is 0 Å². The maximum atomic E-state index is 10.5. The molecule has 6 N–H and O–H groups in total. The Morgan fingerprint density at radius 1 is 0.440 bits per heavy atom. The van der Waals surface area contributed by atoms with Gasteiger partial charge in [-0.1, -0.05) is 146 Å². The van der Waals surface area contributed by atoms with E-state index in [1.54, 1.807) is 0 Å². The topological polar surface area (TPSA) is 139 Å². The number of rotatable bonds is 39. The fourth-order valence-corrected chi connectivity index (χ4v) is 6.61. The first-order chi connectivity index (χ1) is 23.9. The third-order valence-corrected chi connectivity index (χ3v) is 9.64. The molecule has 0 fully saturated rings. The molecule has 0 spiro atoms. The van der Waals surface area contributed by atoms with Gasteiger partial charge in [0.05, 0.1) is 0 Å². The number of unbranched alkanes of at least 4 members (excludes halogenated alkanes) is 23. The Balaban J connectivity index is 0. The Kier molecular flexibility index (Phi) is 41.5. The predicted octanol–water partition coefficient (Wildman–Crippen LogP) is 12.5. The van der Waals surface area contributed by atoms with Crippen molar-refractivity contribution in [2.75, 3.05) is 6.54 Å². The minimum absolute atomic E-state index is 0. The maximum Gasteiger partial charge on any atom is 0.303 e. The summed E-state index contributed by atoms with van der Waals surface area (Å²) in [4.78, 5) is 25.2. The summed E-state index contributed by atoms with van der Waals surface area (Å²) >= 11 is 0. The zero-order chi connectivity index (χ0) is 35.9. The number of carboxylic acids is 2. The van der Waals surface area contributed by atoms with E-state index < -0.39 is 11.9 Å². The highest BCUT2D eigenvalue weighted by molar-refractivity contribution is 5.85. The number of carboxylic acid groups (broad SMARTS) is 2. The van der Waals surface area contributed by atoms with E-state index in [2.05, 4.69) is 29.3 Å². The number of carbonyl (C=O) groups is 2. The van der Waals surface area contributed by atoms with Crippen LogP contribution in [0.4, 0.5) is 0 Å². The summed E-state index contributed by atoms with van der Waals surface area (Å²) in [5, 5.41) is 17.3. The number of halogens is 1. The minimum atomic E-state index is -0.674. The zero-order valence-electron chi connectivity index (χ0n) is 32.1. The van der Waals surface area contributed by atoms with Crippen LogP contribution in [0.5, 0.6) is 0 Å². The molecule has 1 atom stereocenters. The highest BCUT2D eigenvalue weighted by Gasteiger charge is 2.09. The molecular weight excluding hydrogens is 646 g/mol. The second-order valence-corrected chi connectivity index (χ2v) is 14.4. The van der Waals surface area contributed by atoms with Crippen LogP contribution in [0.3, 0.4) is 0 Å². The SMILES string of the molecule is Cl.NC(N)=NCCCC(CCCCCCCC/C=C\CCCCCCCC(=O)O)CCCCCCCCC/C=C\CCCCCCCC(=O)O. The molecule has 294 valence electrons. The Morgan fingerprint density at radius 3 is 1.04 bits per heavy atom. The lowest BCUT2D eigenvalue weighted by Crippen LogP contribution is -2.23. The molecule has 0 rings (SSSR count). The molecule has 0 heterocycles. The van der Waals surface area contributed by atoms with Crippen molar-refractivity contribution < 1.29 is 19.8 Å². The normalized spacial score (nSPS) is 12.0. The average molecular weight is 727 g/mol. The minimum Gasteiger partial charge on any atom is -0.481 e. The van der Waals surface area contributed by atoms with E-state index in [0.717, 1.165) is 70.3 Å². The van der Waals surface area contributed by atoms with Gasteiger partial charge in [0, 0.05) is 19.4 Å². The van der Waals surface area contributed by atoms with Gasteiger partial charge in [-0.25, -0.2) is 0 Å². The first-order valence-electron chi connectivity index (χ1n) is 20.7. The zero-order valence-corrected chi connectivity index (χ0v) is 33.0. The summed E-state index contributed by atoms with van der Waals surface area (Å²) in [6.07, 6.45) is 48.3. The molecule has 1 unspecified atom stereocenters. The van der Waals surface area contributed by atoms with Crippen molar-refractivity contribution in [3.63, 3.8) is 0 Å². The third-order valence-electron chi connectivity index (χ3n) is 9.64. The summed E-state index contributed by atoms with van der Waals surface area (Å²) in [6.45, 7) is 0.757. The van der Waals surface area contributed by atoms with Gasteiger partial charge in [-0.15, -0.1) is 12.4 Å². The van der Waals surface area contributed by atoms with Crippen LogP contribution >= 0.6 is 12.4 Å². The number of nitrogens with two attached hydrogens (primary N) is 2. The third kappa shape index (κ3) is 44.0. The molecule has 0 radical (unpaired) electrons. The molecule has 0 amide bonds. The van der Waals surface area contributed by atoms with Gasteiger partial charge < -0.3 is 21.7 Å². The Bertz CT molecular complexity index is 830. The van der Waals surface area contributed by atoms with Crippen LogP contribution in [-0.2, 0) is 9.59 Å². The molecule has 0 aromatic heterocycles. The van der Waals surface area contributed by atoms with Crippen molar-refractivity contribution >= 4 is 30.3 Å². The molecule has 0 aliphatic rings. The van der Waals surface area contributed by atoms with Gasteiger partial charge in [-0.3, -0.25) is 14.6 Å². The number of hydrogen-bond acceptors (Lipinski definition) is 3. The van der Waals surface area contributed by atoms with Crippen LogP contribution in [0.2, 0.25) is 0 Å². The molecule has 0 saturated heterocycles. The molecule has 0 aromatic rings. The van der Waals surface area contributed by atoms with Gasteiger partial charge in [0.2, 0.25) is 0 Å². The molecule has 0 saturated carbocycles. The quantitative estimate of drug-likeness (QED) is 0.0215. The van der Waals surface area contributed by atoms with Crippen LogP contribution in [0.1, 0.15) is 212 Å². The van der Waals surface area contributed by atoms with Crippen molar-refractivity contribution in [2.24, 2.45) is 22.4 Å². The molecule has 0 aromatic carbocycles. The molecule has 7 nitrogen and oxygen atoms in total. The number of allylic oxidation sites excluding steroid dienone is 4. The number of guanidine groups is 1. The van der Waals surface area contributed by atoms with Crippen molar-refractivity contribution in [3.8, 4) is 0 Å². The smallest absolute Gasteiger partial charge is 0.303 e. The monoisotopic (exact) mass is 726 g/mol. The van der Waals surface area contributed by atoms with Crippen molar-refractivity contribution in [3.05, 3.63) is 24.3 Å². The number of nitrogens with zero attached hydrogens (tertiary/aromatic N) is 1. The van der Waals surface area contributed by atoms with E-state index in [4.69, 9.17) is 21.7 Å². The Morgan fingerprint density at radius 2 is 0.720 bits per heavy atom. The van der Waals surface area contributed by atoms with Gasteiger partial charge in [0.25, 0.3) is 0 Å². The van der Waals surface area contributed by atoms with Gasteiger partial charge in [-0.05, 0) is 83.0 Å². The first kappa shape index (κ1) is 50.1. The standard InChI is InChI=1S/C42H79N3O4.ClH/c43-42(44)45-38-32-35-39(34-29-25-21-17-13-9-5-3-7-11-15-19-23-27-31-37-41(48)49)33-28-24-20-16-12-8-4-1-2-6-10-14-18-22-26-30-36-40(46)47;/h2-3,6-7,39H,1,4-5,8-38H2,(H,46,47)(H,48,49)(H4,43,44,45);1H/b6-2-,7-3-;. The summed E-state index contributed by atoms with van der Waals surface area (Å²) in [7, 11) is 0. The van der Waals surface area contributed by atoms with Crippen LogP contribution < -0.4 is 11.5 Å². The van der Waals surface area contributed by atoms with Crippen LogP contribution in [-0.4, -0.2) is 34.7 Å². The van der Waals surface area contributed by atoms with E-state index in [-0.39, 0.29) is 18.4 Å². The van der Waals surface area contributed by atoms with Crippen molar-refractivity contribution in [1.29, 1.82) is 0 Å². The molecule has 0 aliphatic heterocycles. The van der Waals surface area contributed by atoms with E-state index in [1.807, 2.05) is 0 Å². The Hall–Kier alpha value is -2.02. The molecular formula is C42H80ClN3O4. The number of aliphatic imine (C=N–C) groups is 1. The fourth-order valence-electron chi connectivity index (χ4n) is 6.61. The molecule has 8 heteroatoms. The second-order valence-electron chi connectivity index (χ2n) is 14.4. The summed E-state index contributed by atoms with van der Waals surface area (Å²) < 4.78 is 0. The second kappa shape index (κ2) is 41.4. The van der Waals surface area contributed by atoms with E-state index in [1.165, 1.54) is 141 Å². The largest absolute Gasteiger partial charge is 0.481 e. The first-order valence-corrected chi connectivity index (χ1v) is 20.7. The summed E-state index contributed by atoms with van der Waals surface area (Å²) in [5.74, 6) is -0.323. The van der Waals surface area contributed by atoms with Gasteiger partial charge in [-0.2, -0.15) is 0 Å². The summed E-state index contributed by atoms with van der Waals surface area (Å²) in [5.41, 5.74) is 11.1. The Labute approximate surface area is 314 Å². The highest BCUT2D eigenvalue weighted by Crippen LogP contribution is 2.24. The van der Waals surface area contributed by atoms with Gasteiger partial charge in [0.1, 0.15) is 0 Å². The molecule has 0 bridgehead atoms. The van der Waals surface area contributed by atoms with E-state index in [0.29, 0.717) is 12.8 Å². The van der Waals surface area contributed by atoms with E-state index >= 15 is 0 Å². The lowest BCUT2D eigenvalue weighted by molar-refractivity contribution is -0.138. The maximum absolute atomic E-state index is 10.5. The average Bonchev–Trinajstić information content (AvgIpc) is 3.06. The van der Waals surface area contributed by atoms with Gasteiger partial charge >= 0.3 is 11.9 Å². The predicted molar refractivity (Wildman–Crippen MR) is 217 cm³/mol. The van der Waals surface area contributed by atoms with E-state index in [9.17, 15) is 9.59 Å². The van der Waals surface area contributed by atoms with Crippen LogP contribution in [0.15, 0.2) is 29.3 Å². The van der Waals surface area contributed by atoms with Crippen molar-refractivity contribution in [1.82, 2.24) is 0 Å². The summed E-state index contributed by atoms with van der Waals surface area (Å²) in [6, 6.07) is 0. The number of hydrogen-bond donors (Lipinski definition) is 4.